The molecule has 0 aliphatic carbocycles. The lowest BCUT2D eigenvalue weighted by Gasteiger charge is -2.35. The SMILES string of the molecule is O=S(=O)(C[C@H]1CCCN(c2cc(-c3cnc4ccc(C(F)F)nn34)ncn2)C1)C1CNC1. The predicted molar refractivity (Wildman–Crippen MR) is 114 cm³/mol. The van der Waals surface area contributed by atoms with Gasteiger partial charge in [-0.15, -0.1) is 0 Å². The standard InChI is InChI=1S/C20H23F2N7O2S/c21-20(22)15-3-4-18-24-9-17(29(18)27-15)16-6-19(26-12-25-16)28-5-1-2-13(10-28)11-32(30,31)14-7-23-8-14/h3-4,6,9,12-14,20,23H,1-2,5,7-8,10-11H2/t13-/m0/s1. The lowest BCUT2D eigenvalue weighted by molar-refractivity contribution is 0.144. The summed E-state index contributed by atoms with van der Waals surface area (Å²) in [7, 11) is -3.11. The van der Waals surface area contributed by atoms with Gasteiger partial charge >= 0.3 is 0 Å². The fourth-order valence-corrected chi connectivity index (χ4v) is 6.17. The maximum Gasteiger partial charge on any atom is 0.282 e. The molecule has 9 nitrogen and oxygen atoms in total. The van der Waals surface area contributed by atoms with Gasteiger partial charge in [0.15, 0.2) is 15.5 Å². The minimum absolute atomic E-state index is 0.0406. The molecule has 5 rings (SSSR count). The van der Waals surface area contributed by atoms with Crippen molar-refractivity contribution in [2.75, 3.05) is 36.8 Å². The minimum Gasteiger partial charge on any atom is -0.356 e. The molecule has 2 aliphatic rings. The number of nitrogens with one attached hydrogen (secondary N) is 1. The number of halogens is 2. The lowest BCUT2D eigenvalue weighted by atomic mass is 10.00. The number of alkyl halides is 2. The molecule has 3 aromatic rings. The van der Waals surface area contributed by atoms with Gasteiger partial charge in [-0.25, -0.2) is 36.7 Å². The molecular weight excluding hydrogens is 440 g/mol. The van der Waals surface area contributed by atoms with Crippen LogP contribution in [0.4, 0.5) is 14.6 Å². The Morgan fingerprint density at radius 3 is 2.78 bits per heavy atom. The Hall–Kier alpha value is -2.73. The van der Waals surface area contributed by atoms with Gasteiger partial charge in [0.25, 0.3) is 6.43 Å². The van der Waals surface area contributed by atoms with Gasteiger partial charge < -0.3 is 10.2 Å². The highest BCUT2D eigenvalue weighted by Gasteiger charge is 2.34. The number of fused-ring (bicyclic) bond motifs is 1. The van der Waals surface area contributed by atoms with Crippen LogP contribution in [0.5, 0.6) is 0 Å². The Labute approximate surface area is 183 Å². The van der Waals surface area contributed by atoms with Gasteiger partial charge in [-0.2, -0.15) is 5.10 Å². The molecule has 3 aromatic heterocycles. The zero-order chi connectivity index (χ0) is 22.3. The van der Waals surface area contributed by atoms with Gasteiger partial charge in [0.2, 0.25) is 0 Å². The largest absolute Gasteiger partial charge is 0.356 e. The third kappa shape index (κ3) is 4.04. The van der Waals surface area contributed by atoms with Gasteiger partial charge in [-0.1, -0.05) is 0 Å². The van der Waals surface area contributed by atoms with E-state index in [0.717, 1.165) is 19.4 Å². The number of rotatable bonds is 6. The molecule has 12 heteroatoms. The van der Waals surface area contributed by atoms with Crippen LogP contribution in [0, 0.1) is 5.92 Å². The van der Waals surface area contributed by atoms with Crippen LogP contribution >= 0.6 is 0 Å². The van der Waals surface area contributed by atoms with Gasteiger partial charge in [-0.05, 0) is 30.9 Å². The van der Waals surface area contributed by atoms with Crippen LogP contribution in [0.25, 0.3) is 17.0 Å². The molecule has 0 unspecified atom stereocenters. The predicted octanol–water partition coefficient (Wildman–Crippen LogP) is 1.73. The number of hydrogen-bond acceptors (Lipinski definition) is 8. The van der Waals surface area contributed by atoms with Crippen LogP contribution in [0.2, 0.25) is 0 Å². The Bertz CT molecular complexity index is 1230. The lowest BCUT2D eigenvalue weighted by Crippen LogP contribution is -2.53. The Kier molecular flexibility index (Phi) is 5.49. The van der Waals surface area contributed by atoms with Crippen molar-refractivity contribution in [3.05, 3.63) is 36.4 Å². The van der Waals surface area contributed by atoms with Gasteiger partial charge in [0, 0.05) is 32.2 Å². The van der Waals surface area contributed by atoms with Gasteiger partial charge in [0.1, 0.15) is 23.5 Å². The fourth-order valence-electron chi connectivity index (χ4n) is 4.23. The molecule has 0 saturated carbocycles. The van der Waals surface area contributed by atoms with E-state index in [-0.39, 0.29) is 22.6 Å². The third-order valence-electron chi connectivity index (χ3n) is 6.08. The molecule has 170 valence electrons. The summed E-state index contributed by atoms with van der Waals surface area (Å²) in [5.41, 5.74) is 1.10. The van der Waals surface area contributed by atoms with Crippen molar-refractivity contribution in [3.63, 3.8) is 0 Å². The molecule has 2 fully saturated rings. The first-order valence-electron chi connectivity index (χ1n) is 10.5. The molecule has 0 amide bonds. The first kappa shape index (κ1) is 21.1. The van der Waals surface area contributed by atoms with Crippen LogP contribution < -0.4 is 10.2 Å². The number of anilines is 1. The van der Waals surface area contributed by atoms with E-state index in [4.69, 9.17) is 0 Å². The quantitative estimate of drug-likeness (QED) is 0.589. The molecule has 1 atom stereocenters. The van der Waals surface area contributed by atoms with Crippen LogP contribution in [-0.4, -0.2) is 70.2 Å². The van der Waals surface area contributed by atoms with Crippen molar-refractivity contribution in [2.24, 2.45) is 5.92 Å². The van der Waals surface area contributed by atoms with Crippen molar-refractivity contribution in [2.45, 2.75) is 24.5 Å². The first-order valence-corrected chi connectivity index (χ1v) is 12.2. The van der Waals surface area contributed by atoms with Crippen LogP contribution in [-0.2, 0) is 9.84 Å². The van der Waals surface area contributed by atoms with Gasteiger partial charge in [0.05, 0.1) is 22.9 Å². The topological polar surface area (TPSA) is 105 Å². The second-order valence-electron chi connectivity index (χ2n) is 8.30. The highest BCUT2D eigenvalue weighted by Crippen LogP contribution is 2.27. The summed E-state index contributed by atoms with van der Waals surface area (Å²) in [4.78, 5) is 15.0. The Morgan fingerprint density at radius 2 is 2.03 bits per heavy atom. The minimum atomic E-state index is -3.11. The molecule has 0 aromatic carbocycles. The molecule has 32 heavy (non-hydrogen) atoms. The van der Waals surface area contributed by atoms with Gasteiger partial charge in [-0.3, -0.25) is 0 Å². The number of aromatic nitrogens is 5. The van der Waals surface area contributed by atoms with Crippen molar-refractivity contribution in [1.29, 1.82) is 0 Å². The first-order chi connectivity index (χ1) is 15.4. The molecule has 2 aliphatic heterocycles. The summed E-state index contributed by atoms with van der Waals surface area (Å²) >= 11 is 0. The Morgan fingerprint density at radius 1 is 1.19 bits per heavy atom. The zero-order valence-electron chi connectivity index (χ0n) is 17.2. The van der Waals surface area contributed by atoms with Crippen molar-refractivity contribution >= 4 is 21.3 Å². The van der Waals surface area contributed by atoms with E-state index in [9.17, 15) is 17.2 Å². The number of hydrogen-bond donors (Lipinski definition) is 1. The number of nitrogens with zero attached hydrogens (tertiary/aromatic N) is 6. The maximum absolute atomic E-state index is 13.1. The molecule has 0 radical (unpaired) electrons. The number of imidazole rings is 1. The van der Waals surface area contributed by atoms with E-state index >= 15 is 0 Å². The monoisotopic (exact) mass is 463 g/mol. The maximum atomic E-state index is 13.1. The van der Waals surface area contributed by atoms with Crippen molar-refractivity contribution in [3.8, 4) is 11.4 Å². The summed E-state index contributed by atoms with van der Waals surface area (Å²) in [6.07, 6.45) is 2.01. The molecular formula is C20H23F2N7O2S. The molecule has 1 N–H and O–H groups in total. The van der Waals surface area contributed by atoms with E-state index in [1.54, 1.807) is 12.3 Å². The number of sulfone groups is 1. The van der Waals surface area contributed by atoms with Crippen LogP contribution in [0.15, 0.2) is 30.7 Å². The molecule has 5 heterocycles. The van der Waals surface area contributed by atoms with Crippen molar-refractivity contribution in [1.82, 2.24) is 29.9 Å². The smallest absolute Gasteiger partial charge is 0.282 e. The third-order valence-corrected chi connectivity index (χ3v) is 8.37. The average Bonchev–Trinajstić information content (AvgIpc) is 3.15. The van der Waals surface area contributed by atoms with Crippen molar-refractivity contribution < 1.29 is 17.2 Å². The summed E-state index contributed by atoms with van der Waals surface area (Å²) in [6, 6.07) is 4.52. The normalized spacial score (nSPS) is 20.1. The highest BCUT2D eigenvalue weighted by molar-refractivity contribution is 7.92. The fraction of sp³-hybridized carbons (Fsp3) is 0.500. The van der Waals surface area contributed by atoms with E-state index in [1.807, 2.05) is 0 Å². The second kappa shape index (κ2) is 8.32. The van der Waals surface area contributed by atoms with E-state index in [1.165, 1.54) is 23.0 Å². The van der Waals surface area contributed by atoms with E-state index in [2.05, 4.69) is 30.3 Å². The summed E-state index contributed by atoms with van der Waals surface area (Å²) in [5.74, 6) is 0.891. The molecule has 2 saturated heterocycles. The average molecular weight is 464 g/mol. The zero-order valence-corrected chi connectivity index (χ0v) is 18.0. The summed E-state index contributed by atoms with van der Waals surface area (Å²) < 4.78 is 52.7. The van der Waals surface area contributed by atoms with Crippen LogP contribution in [0.3, 0.4) is 0 Å². The second-order valence-corrected chi connectivity index (χ2v) is 10.6. The van der Waals surface area contributed by atoms with Crippen LogP contribution in [0.1, 0.15) is 25.0 Å². The van der Waals surface area contributed by atoms with E-state index in [0.29, 0.717) is 42.5 Å². The number of piperidine rings is 1. The molecule has 0 bridgehead atoms. The molecule has 0 spiro atoms. The summed E-state index contributed by atoms with van der Waals surface area (Å²) in [5, 5.41) is 6.74. The Balaban J connectivity index is 1.38. The van der Waals surface area contributed by atoms with E-state index < -0.39 is 16.3 Å². The highest BCUT2D eigenvalue weighted by atomic mass is 32.2. The summed E-state index contributed by atoms with van der Waals surface area (Å²) in [6.45, 7) is 2.43.